The molecular weight excluding hydrogens is 416 g/mol. The van der Waals surface area contributed by atoms with Crippen LogP contribution in [-0.2, 0) is 0 Å². The number of rotatable bonds is 5. The number of methoxy groups -OCH3 is 2. The monoisotopic (exact) mass is 436 g/mol. The van der Waals surface area contributed by atoms with Crippen molar-refractivity contribution in [1.29, 1.82) is 0 Å². The highest BCUT2D eigenvalue weighted by molar-refractivity contribution is 6.38. The lowest BCUT2D eigenvalue weighted by Gasteiger charge is -2.14. The van der Waals surface area contributed by atoms with Gasteiger partial charge in [-0.2, -0.15) is 0 Å². The van der Waals surface area contributed by atoms with E-state index < -0.39 is 5.91 Å². The summed E-state index contributed by atoms with van der Waals surface area (Å²) in [5.74, 6) is 0.643. The summed E-state index contributed by atoms with van der Waals surface area (Å²) in [4.78, 5) is 32.9. The summed E-state index contributed by atoms with van der Waals surface area (Å²) in [5.41, 5.74) is 3.19. The lowest BCUT2D eigenvalue weighted by atomic mass is 10.0. The number of anilines is 1. The molecule has 5 rings (SSSR count). The van der Waals surface area contributed by atoms with Crippen molar-refractivity contribution in [1.82, 2.24) is 4.98 Å². The van der Waals surface area contributed by atoms with Crippen molar-refractivity contribution < 1.29 is 19.1 Å². The molecule has 0 N–H and O–H groups in total. The summed E-state index contributed by atoms with van der Waals surface area (Å²) in [6.45, 7) is 0. The normalized spacial score (nSPS) is 13.1. The second-order valence-electron chi connectivity index (χ2n) is 7.51. The SMILES string of the molecule is COc1ccc(C=Cc2nc3ccccc3c3c2C(=O)N(c2ccc(OC)cc2)C3=O)cc1. The molecule has 0 saturated carbocycles. The average Bonchev–Trinajstić information content (AvgIpc) is 3.13. The maximum absolute atomic E-state index is 13.5. The maximum atomic E-state index is 13.5. The summed E-state index contributed by atoms with van der Waals surface area (Å²) < 4.78 is 10.4. The number of pyridine rings is 1. The Labute approximate surface area is 190 Å². The molecule has 33 heavy (non-hydrogen) atoms. The van der Waals surface area contributed by atoms with Crippen molar-refractivity contribution in [2.75, 3.05) is 19.1 Å². The van der Waals surface area contributed by atoms with Crippen LogP contribution in [0.1, 0.15) is 32.0 Å². The van der Waals surface area contributed by atoms with Crippen LogP contribution in [0.15, 0.2) is 72.8 Å². The molecule has 162 valence electrons. The van der Waals surface area contributed by atoms with Crippen LogP contribution in [0.2, 0.25) is 0 Å². The molecule has 0 unspecified atom stereocenters. The number of hydrogen-bond acceptors (Lipinski definition) is 5. The molecule has 6 heteroatoms. The molecule has 0 spiro atoms. The molecule has 1 aromatic heterocycles. The van der Waals surface area contributed by atoms with E-state index in [1.807, 2.05) is 54.6 Å². The lowest BCUT2D eigenvalue weighted by Crippen LogP contribution is -2.29. The number of imide groups is 1. The van der Waals surface area contributed by atoms with Crippen molar-refractivity contribution in [3.8, 4) is 11.5 Å². The number of benzene rings is 3. The Morgan fingerprint density at radius 2 is 1.33 bits per heavy atom. The highest BCUT2D eigenvalue weighted by Gasteiger charge is 2.40. The van der Waals surface area contributed by atoms with Crippen LogP contribution >= 0.6 is 0 Å². The summed E-state index contributed by atoms with van der Waals surface area (Å²) in [5, 5.41) is 0.656. The van der Waals surface area contributed by atoms with Crippen molar-refractivity contribution in [2.45, 2.75) is 0 Å². The molecule has 6 nitrogen and oxygen atoms in total. The molecule has 1 aliphatic heterocycles. The van der Waals surface area contributed by atoms with E-state index in [-0.39, 0.29) is 5.91 Å². The van der Waals surface area contributed by atoms with Gasteiger partial charge in [-0.3, -0.25) is 9.59 Å². The third-order valence-corrected chi connectivity index (χ3v) is 5.63. The van der Waals surface area contributed by atoms with Gasteiger partial charge in [-0.15, -0.1) is 0 Å². The van der Waals surface area contributed by atoms with Gasteiger partial charge < -0.3 is 9.47 Å². The summed E-state index contributed by atoms with van der Waals surface area (Å²) in [6.07, 6.45) is 3.64. The Morgan fingerprint density at radius 3 is 2.00 bits per heavy atom. The number of ether oxygens (including phenoxy) is 2. The molecule has 0 fully saturated rings. The van der Waals surface area contributed by atoms with Gasteiger partial charge >= 0.3 is 0 Å². The fourth-order valence-corrected chi connectivity index (χ4v) is 3.96. The van der Waals surface area contributed by atoms with E-state index in [2.05, 4.69) is 0 Å². The van der Waals surface area contributed by atoms with Gasteiger partial charge in [0.15, 0.2) is 0 Å². The number of amides is 2. The molecule has 3 aromatic carbocycles. The van der Waals surface area contributed by atoms with Crippen LogP contribution in [0, 0.1) is 0 Å². The molecule has 4 aromatic rings. The van der Waals surface area contributed by atoms with Gasteiger partial charge in [0, 0.05) is 5.39 Å². The Kier molecular flexibility index (Phi) is 5.11. The highest BCUT2D eigenvalue weighted by atomic mass is 16.5. The fourth-order valence-electron chi connectivity index (χ4n) is 3.96. The quantitative estimate of drug-likeness (QED) is 0.401. The average molecular weight is 436 g/mol. The van der Waals surface area contributed by atoms with Crippen molar-refractivity contribution in [2.24, 2.45) is 0 Å². The van der Waals surface area contributed by atoms with E-state index in [1.165, 1.54) is 4.90 Å². The van der Waals surface area contributed by atoms with E-state index in [4.69, 9.17) is 14.5 Å². The standard InChI is InChI=1S/C27H20N2O4/c1-32-19-12-7-17(8-13-19)9-16-23-25-24(21-5-3-4-6-22(21)28-23)26(30)29(27(25)31)18-10-14-20(33-2)15-11-18/h3-16H,1-2H3. The van der Waals surface area contributed by atoms with Crippen LogP contribution in [0.25, 0.3) is 23.1 Å². The van der Waals surface area contributed by atoms with Gasteiger partial charge in [0.1, 0.15) is 11.5 Å². The van der Waals surface area contributed by atoms with Crippen LogP contribution in [-0.4, -0.2) is 31.0 Å². The molecule has 0 atom stereocenters. The largest absolute Gasteiger partial charge is 0.497 e. The predicted octanol–water partition coefficient (Wildman–Crippen LogP) is 5.22. The van der Waals surface area contributed by atoms with Gasteiger partial charge in [-0.25, -0.2) is 9.88 Å². The zero-order chi connectivity index (χ0) is 22.9. The zero-order valence-corrected chi connectivity index (χ0v) is 18.1. The Morgan fingerprint density at radius 1 is 0.727 bits per heavy atom. The van der Waals surface area contributed by atoms with E-state index in [9.17, 15) is 9.59 Å². The van der Waals surface area contributed by atoms with Crippen LogP contribution in [0.5, 0.6) is 11.5 Å². The summed E-state index contributed by atoms with van der Waals surface area (Å²) in [7, 11) is 3.18. The van der Waals surface area contributed by atoms with Crippen LogP contribution in [0.4, 0.5) is 5.69 Å². The molecule has 0 bridgehead atoms. The van der Waals surface area contributed by atoms with Gasteiger partial charge in [-0.1, -0.05) is 36.4 Å². The zero-order valence-electron chi connectivity index (χ0n) is 18.1. The van der Waals surface area contributed by atoms with Crippen molar-refractivity contribution >= 4 is 40.6 Å². The van der Waals surface area contributed by atoms with Crippen LogP contribution < -0.4 is 14.4 Å². The molecule has 0 saturated heterocycles. The first-order valence-corrected chi connectivity index (χ1v) is 10.4. The minimum atomic E-state index is -0.396. The van der Waals surface area contributed by atoms with Gasteiger partial charge in [0.25, 0.3) is 11.8 Å². The number of nitrogens with zero attached hydrogens (tertiary/aromatic N) is 2. The topological polar surface area (TPSA) is 68.7 Å². The van der Waals surface area contributed by atoms with Crippen LogP contribution in [0.3, 0.4) is 0 Å². The smallest absolute Gasteiger partial charge is 0.268 e. The Balaban J connectivity index is 1.63. The first-order chi connectivity index (χ1) is 16.1. The highest BCUT2D eigenvalue weighted by Crippen LogP contribution is 2.35. The molecule has 2 heterocycles. The number of fused-ring (bicyclic) bond motifs is 3. The number of carbonyl (C=O) groups excluding carboxylic acids is 2. The predicted molar refractivity (Wildman–Crippen MR) is 128 cm³/mol. The van der Waals surface area contributed by atoms with E-state index >= 15 is 0 Å². The van der Waals surface area contributed by atoms with Crippen molar-refractivity contribution in [3.05, 3.63) is 95.2 Å². The number of carbonyl (C=O) groups is 2. The summed E-state index contributed by atoms with van der Waals surface area (Å²) >= 11 is 0. The first-order valence-electron chi connectivity index (χ1n) is 10.4. The van der Waals surface area contributed by atoms with Gasteiger partial charge in [0.2, 0.25) is 0 Å². The third kappa shape index (κ3) is 3.51. The van der Waals surface area contributed by atoms with E-state index in [1.54, 1.807) is 44.6 Å². The second kappa shape index (κ2) is 8.24. The van der Waals surface area contributed by atoms with Gasteiger partial charge in [0.05, 0.1) is 42.2 Å². The fraction of sp³-hybridized carbons (Fsp3) is 0.0741. The Bertz CT molecular complexity index is 1410. The first kappa shape index (κ1) is 20.5. The number of para-hydroxylation sites is 1. The third-order valence-electron chi connectivity index (χ3n) is 5.63. The number of hydrogen-bond donors (Lipinski definition) is 0. The minimum Gasteiger partial charge on any atom is -0.497 e. The minimum absolute atomic E-state index is 0.305. The number of aromatic nitrogens is 1. The molecule has 2 amide bonds. The molecular formula is C27H20N2O4. The van der Waals surface area contributed by atoms with Gasteiger partial charge in [-0.05, 0) is 54.1 Å². The molecule has 1 aliphatic rings. The molecule has 0 radical (unpaired) electrons. The summed E-state index contributed by atoms with van der Waals surface area (Å²) in [6, 6.07) is 21.7. The lowest BCUT2D eigenvalue weighted by molar-refractivity contribution is 0.0926. The van der Waals surface area contributed by atoms with Crippen molar-refractivity contribution in [3.63, 3.8) is 0 Å². The van der Waals surface area contributed by atoms with E-state index in [0.29, 0.717) is 39.2 Å². The van der Waals surface area contributed by atoms with E-state index in [0.717, 1.165) is 11.3 Å². The maximum Gasteiger partial charge on any atom is 0.268 e. The molecule has 0 aliphatic carbocycles. The Hall–Kier alpha value is -4.45. The second-order valence-corrected chi connectivity index (χ2v) is 7.51.